The quantitative estimate of drug-likeness (QED) is 0.798. The molecule has 1 unspecified atom stereocenters. The van der Waals surface area contributed by atoms with Crippen molar-refractivity contribution in [3.8, 4) is 0 Å². The summed E-state index contributed by atoms with van der Waals surface area (Å²) >= 11 is 0. The topological polar surface area (TPSA) is 29.5 Å². The van der Waals surface area contributed by atoms with Crippen LogP contribution in [0.3, 0.4) is 0 Å². The Bertz CT molecular complexity index is 346. The van der Waals surface area contributed by atoms with Crippen LogP contribution in [-0.2, 0) is 4.74 Å². The van der Waals surface area contributed by atoms with Gasteiger partial charge in [0, 0.05) is 12.5 Å². The third-order valence-electron chi connectivity index (χ3n) is 2.65. The van der Waals surface area contributed by atoms with Crippen molar-refractivity contribution in [2.75, 3.05) is 19.8 Å². The third kappa shape index (κ3) is 5.51. The lowest BCUT2D eigenvalue weighted by atomic mass is 9.96. The van der Waals surface area contributed by atoms with Crippen molar-refractivity contribution < 1.29 is 23.0 Å². The summed E-state index contributed by atoms with van der Waals surface area (Å²) in [5.41, 5.74) is 2.02. The molecule has 0 spiro atoms. The van der Waals surface area contributed by atoms with Crippen LogP contribution in [0.1, 0.15) is 23.5 Å². The molecule has 0 radical (unpaired) electrons. The van der Waals surface area contributed by atoms with Gasteiger partial charge in [0.1, 0.15) is 6.61 Å². The predicted octanol–water partition coefficient (Wildman–Crippen LogP) is 3.04. The van der Waals surface area contributed by atoms with E-state index in [1.54, 1.807) is 0 Å². The largest absolute Gasteiger partial charge is 0.411 e. The number of hydrogen-bond acceptors (Lipinski definition) is 2. The molecule has 0 aliphatic heterocycles. The zero-order chi connectivity index (χ0) is 13.6. The fraction of sp³-hybridized carbons (Fsp3) is 0.538. The molecule has 0 aromatic heterocycles. The molecular formula is C13H17F3O2. The number of benzene rings is 1. The average molecular weight is 262 g/mol. The highest BCUT2D eigenvalue weighted by Crippen LogP contribution is 2.20. The monoisotopic (exact) mass is 262 g/mol. The number of halogens is 3. The molecule has 102 valence electrons. The van der Waals surface area contributed by atoms with Gasteiger partial charge in [0.2, 0.25) is 0 Å². The van der Waals surface area contributed by atoms with Crippen molar-refractivity contribution in [1.29, 1.82) is 0 Å². The van der Waals surface area contributed by atoms with E-state index in [9.17, 15) is 18.3 Å². The summed E-state index contributed by atoms with van der Waals surface area (Å²) in [6.45, 7) is 0.597. The van der Waals surface area contributed by atoms with Crippen molar-refractivity contribution in [2.24, 2.45) is 0 Å². The molecule has 1 aromatic carbocycles. The molecule has 0 saturated heterocycles. The first kappa shape index (κ1) is 15.0. The Balaban J connectivity index is 2.40. The molecule has 18 heavy (non-hydrogen) atoms. The molecule has 1 aromatic rings. The summed E-state index contributed by atoms with van der Waals surface area (Å²) in [5, 5.41) is 9.23. The van der Waals surface area contributed by atoms with Crippen LogP contribution < -0.4 is 0 Å². The molecule has 1 atom stereocenters. The number of ether oxygens (including phenoxy) is 1. The highest BCUT2D eigenvalue weighted by molar-refractivity contribution is 5.24. The molecule has 0 saturated carbocycles. The minimum atomic E-state index is -4.29. The Morgan fingerprint density at radius 2 is 1.83 bits per heavy atom. The van der Waals surface area contributed by atoms with E-state index >= 15 is 0 Å². The highest BCUT2D eigenvalue weighted by atomic mass is 19.4. The van der Waals surface area contributed by atoms with Gasteiger partial charge in [0.15, 0.2) is 0 Å². The van der Waals surface area contributed by atoms with Crippen LogP contribution in [-0.4, -0.2) is 31.1 Å². The minimum absolute atomic E-state index is 0.0153. The molecule has 1 rings (SSSR count). The van der Waals surface area contributed by atoms with E-state index in [0.29, 0.717) is 6.42 Å². The number of alkyl halides is 3. The van der Waals surface area contributed by atoms with Gasteiger partial charge in [0.05, 0.1) is 6.61 Å². The molecule has 0 aliphatic carbocycles. The van der Waals surface area contributed by atoms with Crippen molar-refractivity contribution >= 4 is 0 Å². The normalized spacial score (nSPS) is 13.6. The number of aliphatic hydroxyl groups is 1. The minimum Gasteiger partial charge on any atom is -0.396 e. The summed E-state index contributed by atoms with van der Waals surface area (Å²) in [6.07, 6.45) is -3.92. The second-order valence-corrected chi connectivity index (χ2v) is 4.25. The van der Waals surface area contributed by atoms with Crippen molar-refractivity contribution in [1.82, 2.24) is 0 Å². The molecule has 0 amide bonds. The molecule has 0 fully saturated rings. The Labute approximate surface area is 104 Å². The smallest absolute Gasteiger partial charge is 0.396 e. The van der Waals surface area contributed by atoms with E-state index in [4.69, 9.17) is 0 Å². The van der Waals surface area contributed by atoms with E-state index in [-0.39, 0.29) is 19.1 Å². The lowest BCUT2D eigenvalue weighted by Gasteiger charge is -2.15. The van der Waals surface area contributed by atoms with Crippen molar-refractivity contribution in [3.63, 3.8) is 0 Å². The SMILES string of the molecule is Cc1ccc(C(CO)CCOCC(F)(F)F)cc1. The van der Waals surface area contributed by atoms with Crippen LogP contribution in [0.15, 0.2) is 24.3 Å². The maximum atomic E-state index is 11.9. The molecule has 2 nitrogen and oxygen atoms in total. The average Bonchev–Trinajstić information content (AvgIpc) is 2.29. The fourth-order valence-electron chi connectivity index (χ4n) is 1.62. The Morgan fingerprint density at radius 3 is 2.33 bits per heavy atom. The van der Waals surface area contributed by atoms with Gasteiger partial charge < -0.3 is 9.84 Å². The van der Waals surface area contributed by atoms with Gasteiger partial charge in [-0.05, 0) is 18.9 Å². The first-order valence-corrected chi connectivity index (χ1v) is 5.74. The third-order valence-corrected chi connectivity index (χ3v) is 2.65. The first-order chi connectivity index (χ1) is 8.42. The van der Waals surface area contributed by atoms with Crippen LogP contribution >= 0.6 is 0 Å². The van der Waals surface area contributed by atoms with E-state index in [1.165, 1.54) is 0 Å². The van der Waals surface area contributed by atoms with Crippen LogP contribution in [0.5, 0.6) is 0 Å². The van der Waals surface area contributed by atoms with E-state index in [0.717, 1.165) is 11.1 Å². The summed E-state index contributed by atoms with van der Waals surface area (Å²) < 4.78 is 40.1. The van der Waals surface area contributed by atoms with Gasteiger partial charge in [0.25, 0.3) is 0 Å². The zero-order valence-corrected chi connectivity index (χ0v) is 10.2. The summed E-state index contributed by atoms with van der Waals surface area (Å²) in [7, 11) is 0. The summed E-state index contributed by atoms with van der Waals surface area (Å²) in [4.78, 5) is 0. The highest BCUT2D eigenvalue weighted by Gasteiger charge is 2.27. The van der Waals surface area contributed by atoms with Crippen molar-refractivity contribution in [3.05, 3.63) is 35.4 Å². The summed E-state index contributed by atoms with van der Waals surface area (Å²) in [6, 6.07) is 7.57. The number of rotatable bonds is 6. The molecule has 0 heterocycles. The van der Waals surface area contributed by atoms with E-state index in [1.807, 2.05) is 31.2 Å². The van der Waals surface area contributed by atoms with Gasteiger partial charge in [-0.2, -0.15) is 13.2 Å². The second-order valence-electron chi connectivity index (χ2n) is 4.25. The van der Waals surface area contributed by atoms with Crippen molar-refractivity contribution in [2.45, 2.75) is 25.4 Å². The molecule has 5 heteroatoms. The Morgan fingerprint density at radius 1 is 1.22 bits per heavy atom. The molecule has 1 N–H and O–H groups in total. The fourth-order valence-corrected chi connectivity index (χ4v) is 1.62. The first-order valence-electron chi connectivity index (χ1n) is 5.74. The van der Waals surface area contributed by atoms with Gasteiger partial charge >= 0.3 is 6.18 Å². The number of aryl methyl sites for hydroxylation is 1. The van der Waals surface area contributed by atoms with E-state index < -0.39 is 12.8 Å². The Kier molecular flexibility index (Phi) is 5.62. The summed E-state index contributed by atoms with van der Waals surface area (Å²) in [5.74, 6) is -0.182. The molecule has 0 bridgehead atoms. The maximum absolute atomic E-state index is 11.9. The van der Waals surface area contributed by atoms with Gasteiger partial charge in [-0.15, -0.1) is 0 Å². The van der Waals surface area contributed by atoms with E-state index in [2.05, 4.69) is 4.74 Å². The second kappa shape index (κ2) is 6.75. The van der Waals surface area contributed by atoms with Crippen LogP contribution in [0.2, 0.25) is 0 Å². The lowest BCUT2D eigenvalue weighted by Crippen LogP contribution is -2.18. The number of aliphatic hydroxyl groups excluding tert-OH is 1. The lowest BCUT2D eigenvalue weighted by molar-refractivity contribution is -0.174. The number of hydrogen-bond donors (Lipinski definition) is 1. The zero-order valence-electron chi connectivity index (χ0n) is 10.2. The van der Waals surface area contributed by atoms with Crippen LogP contribution in [0.4, 0.5) is 13.2 Å². The molecular weight excluding hydrogens is 245 g/mol. The Hall–Kier alpha value is -1.07. The van der Waals surface area contributed by atoms with Gasteiger partial charge in [-0.1, -0.05) is 29.8 Å². The molecule has 0 aliphatic rings. The van der Waals surface area contributed by atoms with Gasteiger partial charge in [-0.3, -0.25) is 0 Å². The van der Waals surface area contributed by atoms with Gasteiger partial charge in [-0.25, -0.2) is 0 Å². The predicted molar refractivity (Wildman–Crippen MR) is 62.5 cm³/mol. The van der Waals surface area contributed by atoms with Crippen LogP contribution in [0, 0.1) is 6.92 Å². The van der Waals surface area contributed by atoms with Crippen LogP contribution in [0.25, 0.3) is 0 Å². The maximum Gasteiger partial charge on any atom is 0.411 e. The standard InChI is InChI=1S/C13H17F3O2/c1-10-2-4-11(5-3-10)12(8-17)6-7-18-9-13(14,15)16/h2-5,12,17H,6-9H2,1H3.